The molecule has 20 heavy (non-hydrogen) atoms. The third kappa shape index (κ3) is 4.05. The first-order chi connectivity index (χ1) is 9.70. The van der Waals surface area contributed by atoms with Crippen molar-refractivity contribution in [2.24, 2.45) is 0 Å². The first-order valence-electron chi connectivity index (χ1n) is 7.15. The number of aromatic nitrogens is 2. The Hall–Kier alpha value is -1.40. The van der Waals surface area contributed by atoms with Gasteiger partial charge in [0.25, 0.3) is 0 Å². The van der Waals surface area contributed by atoms with Crippen molar-refractivity contribution >= 4 is 5.97 Å². The molecule has 6 heteroatoms. The average molecular weight is 281 g/mol. The van der Waals surface area contributed by atoms with Gasteiger partial charge in [0.2, 0.25) is 0 Å². The largest absolute Gasteiger partial charge is 0.480 e. The highest BCUT2D eigenvalue weighted by atomic mass is 16.5. The maximum absolute atomic E-state index is 10.9. The fourth-order valence-electron chi connectivity index (χ4n) is 2.88. The summed E-state index contributed by atoms with van der Waals surface area (Å²) in [4.78, 5) is 13.3. The Morgan fingerprint density at radius 3 is 3.20 bits per heavy atom. The molecular weight excluding hydrogens is 258 g/mol. The number of hydrogen-bond acceptors (Lipinski definition) is 4. The molecule has 1 aliphatic heterocycles. The average Bonchev–Trinajstić information content (AvgIpc) is 2.87. The smallest absolute Gasteiger partial charge is 0.325 e. The van der Waals surface area contributed by atoms with E-state index in [2.05, 4.69) is 10.00 Å². The highest BCUT2D eigenvalue weighted by Crippen LogP contribution is 2.26. The van der Waals surface area contributed by atoms with E-state index in [1.165, 1.54) is 0 Å². The van der Waals surface area contributed by atoms with Crippen molar-refractivity contribution in [2.45, 2.75) is 31.7 Å². The van der Waals surface area contributed by atoms with Crippen LogP contribution in [0.2, 0.25) is 0 Å². The number of hydrogen-bond donors (Lipinski definition) is 1. The number of nitrogens with zero attached hydrogens (tertiary/aromatic N) is 3. The molecule has 0 unspecified atom stereocenters. The third-order valence-corrected chi connectivity index (χ3v) is 3.78. The highest BCUT2D eigenvalue weighted by molar-refractivity contribution is 5.66. The van der Waals surface area contributed by atoms with E-state index in [-0.39, 0.29) is 6.54 Å². The van der Waals surface area contributed by atoms with E-state index in [9.17, 15) is 4.79 Å². The van der Waals surface area contributed by atoms with Crippen molar-refractivity contribution in [1.82, 2.24) is 14.7 Å². The van der Waals surface area contributed by atoms with Crippen molar-refractivity contribution < 1.29 is 14.6 Å². The molecule has 0 bridgehead atoms. The number of carboxylic acids is 1. The molecule has 1 saturated heterocycles. The summed E-state index contributed by atoms with van der Waals surface area (Å²) in [6.07, 6.45) is 4.99. The number of likely N-dealkylation sites (tertiary alicyclic amines) is 1. The van der Waals surface area contributed by atoms with E-state index in [1.54, 1.807) is 18.0 Å². The van der Waals surface area contributed by atoms with Gasteiger partial charge in [-0.3, -0.25) is 9.48 Å². The molecule has 2 rings (SSSR count). The number of carboxylic acid groups (broad SMARTS) is 1. The predicted octanol–water partition coefficient (Wildman–Crippen LogP) is 1.18. The second kappa shape index (κ2) is 7.40. The quantitative estimate of drug-likeness (QED) is 0.760. The molecule has 0 spiro atoms. The summed E-state index contributed by atoms with van der Waals surface area (Å²) in [5.74, 6) is -0.462. The van der Waals surface area contributed by atoms with E-state index in [1.807, 2.05) is 6.07 Å². The number of piperidine rings is 1. The molecule has 0 aliphatic carbocycles. The van der Waals surface area contributed by atoms with Gasteiger partial charge in [-0.05, 0) is 31.9 Å². The zero-order valence-corrected chi connectivity index (χ0v) is 12.0. The summed E-state index contributed by atoms with van der Waals surface area (Å²) in [5, 5.41) is 13.0. The van der Waals surface area contributed by atoms with Gasteiger partial charge in [-0.15, -0.1) is 0 Å². The predicted molar refractivity (Wildman–Crippen MR) is 74.8 cm³/mol. The van der Waals surface area contributed by atoms with Gasteiger partial charge in [-0.2, -0.15) is 5.10 Å². The van der Waals surface area contributed by atoms with Crippen LogP contribution in [0, 0.1) is 0 Å². The molecule has 0 radical (unpaired) electrons. The molecule has 1 fully saturated rings. The lowest BCUT2D eigenvalue weighted by atomic mass is 9.94. The molecule has 1 aromatic heterocycles. The van der Waals surface area contributed by atoms with Crippen molar-refractivity contribution in [3.8, 4) is 0 Å². The fourth-order valence-corrected chi connectivity index (χ4v) is 2.88. The zero-order chi connectivity index (χ0) is 14.4. The standard InChI is InChI=1S/C14H23N3O3/c1-20-9-3-8-16-7-2-4-12(10-16)13-5-6-15-17(13)11-14(18)19/h5-6,12H,2-4,7-11H2,1H3,(H,18,19)/t12-/m0/s1. The topological polar surface area (TPSA) is 67.6 Å². The molecular formula is C14H23N3O3. The van der Waals surface area contributed by atoms with E-state index >= 15 is 0 Å². The Morgan fingerprint density at radius 1 is 1.60 bits per heavy atom. The lowest BCUT2D eigenvalue weighted by molar-refractivity contribution is -0.137. The molecule has 0 saturated carbocycles. The Bertz CT molecular complexity index is 433. The highest BCUT2D eigenvalue weighted by Gasteiger charge is 2.24. The SMILES string of the molecule is COCCCN1CCC[C@H](c2ccnn2CC(=O)O)C1. The number of methoxy groups -OCH3 is 1. The van der Waals surface area contributed by atoms with E-state index < -0.39 is 5.97 Å². The van der Waals surface area contributed by atoms with Crippen molar-refractivity contribution in [3.63, 3.8) is 0 Å². The Balaban J connectivity index is 1.94. The molecule has 1 N–H and O–H groups in total. The first-order valence-corrected chi connectivity index (χ1v) is 7.15. The van der Waals surface area contributed by atoms with E-state index in [0.29, 0.717) is 5.92 Å². The van der Waals surface area contributed by atoms with Gasteiger partial charge in [-0.1, -0.05) is 0 Å². The van der Waals surface area contributed by atoms with Gasteiger partial charge in [0.15, 0.2) is 0 Å². The molecule has 6 nitrogen and oxygen atoms in total. The van der Waals surface area contributed by atoms with Gasteiger partial charge in [0.05, 0.1) is 0 Å². The van der Waals surface area contributed by atoms with Gasteiger partial charge in [-0.25, -0.2) is 0 Å². The monoisotopic (exact) mass is 281 g/mol. The summed E-state index contributed by atoms with van der Waals surface area (Å²) in [6.45, 7) is 3.88. The van der Waals surface area contributed by atoms with Crippen LogP contribution in [0.5, 0.6) is 0 Å². The van der Waals surface area contributed by atoms with Gasteiger partial charge in [0.1, 0.15) is 6.54 Å². The normalized spacial score (nSPS) is 20.1. The van der Waals surface area contributed by atoms with Crippen molar-refractivity contribution in [3.05, 3.63) is 18.0 Å². The molecule has 1 atom stereocenters. The number of ether oxygens (including phenoxy) is 1. The number of aliphatic carboxylic acids is 1. The Morgan fingerprint density at radius 2 is 2.45 bits per heavy atom. The Labute approximate surface area is 119 Å². The van der Waals surface area contributed by atoms with Crippen LogP contribution >= 0.6 is 0 Å². The Kier molecular flexibility index (Phi) is 5.55. The summed E-state index contributed by atoms with van der Waals surface area (Å²) in [5.41, 5.74) is 1.05. The third-order valence-electron chi connectivity index (χ3n) is 3.78. The van der Waals surface area contributed by atoms with Gasteiger partial charge >= 0.3 is 5.97 Å². The minimum Gasteiger partial charge on any atom is -0.480 e. The summed E-state index contributed by atoms with van der Waals surface area (Å²) in [6, 6.07) is 1.95. The fraction of sp³-hybridized carbons (Fsp3) is 0.714. The van der Waals surface area contributed by atoms with Crippen LogP contribution in [0.15, 0.2) is 12.3 Å². The molecule has 112 valence electrons. The lowest BCUT2D eigenvalue weighted by Crippen LogP contribution is -2.36. The summed E-state index contributed by atoms with van der Waals surface area (Å²) in [7, 11) is 1.73. The number of carbonyl (C=O) groups is 1. The van der Waals surface area contributed by atoms with Gasteiger partial charge < -0.3 is 14.7 Å². The maximum atomic E-state index is 10.9. The van der Waals surface area contributed by atoms with Crippen LogP contribution in [0.3, 0.4) is 0 Å². The van der Waals surface area contributed by atoms with Crippen LogP contribution in [0.4, 0.5) is 0 Å². The van der Waals surface area contributed by atoms with E-state index in [0.717, 1.165) is 51.2 Å². The van der Waals surface area contributed by atoms with E-state index in [4.69, 9.17) is 9.84 Å². The van der Waals surface area contributed by atoms with Gasteiger partial charge in [0, 0.05) is 44.6 Å². The van der Waals surface area contributed by atoms with Crippen LogP contribution < -0.4 is 0 Å². The maximum Gasteiger partial charge on any atom is 0.325 e. The minimum absolute atomic E-state index is 0.0531. The molecule has 1 aromatic rings. The number of rotatable bonds is 7. The lowest BCUT2D eigenvalue weighted by Gasteiger charge is -2.32. The molecule has 1 aliphatic rings. The molecule has 0 aromatic carbocycles. The van der Waals surface area contributed by atoms with Crippen LogP contribution in [-0.2, 0) is 16.1 Å². The zero-order valence-electron chi connectivity index (χ0n) is 12.0. The van der Waals surface area contributed by atoms with Crippen molar-refractivity contribution in [2.75, 3.05) is 33.4 Å². The first kappa shape index (κ1) is 15.0. The van der Waals surface area contributed by atoms with Crippen LogP contribution in [-0.4, -0.2) is 59.1 Å². The van der Waals surface area contributed by atoms with Crippen LogP contribution in [0.25, 0.3) is 0 Å². The van der Waals surface area contributed by atoms with Crippen molar-refractivity contribution in [1.29, 1.82) is 0 Å². The summed E-state index contributed by atoms with van der Waals surface area (Å²) >= 11 is 0. The molecule has 0 amide bonds. The second-order valence-corrected chi connectivity index (χ2v) is 5.29. The molecule has 2 heterocycles. The van der Waals surface area contributed by atoms with Crippen LogP contribution in [0.1, 0.15) is 30.9 Å². The summed E-state index contributed by atoms with van der Waals surface area (Å²) < 4.78 is 6.71. The minimum atomic E-state index is -0.845. The second-order valence-electron chi connectivity index (χ2n) is 5.29.